The van der Waals surface area contributed by atoms with Crippen molar-refractivity contribution in [2.45, 2.75) is 5.92 Å². The van der Waals surface area contributed by atoms with Gasteiger partial charge < -0.3 is 0 Å². The molecule has 1 aliphatic rings. The number of fused-ring (bicyclic) bond motifs is 2. The number of carbonyl (C=O) groups excluding carboxylic acids is 1. The molecule has 0 saturated carbocycles. The van der Waals surface area contributed by atoms with E-state index < -0.39 is 0 Å². The van der Waals surface area contributed by atoms with Gasteiger partial charge in [0.05, 0.1) is 0 Å². The minimum Gasteiger partial charge on any atom is -0.289 e. The van der Waals surface area contributed by atoms with Crippen LogP contribution in [0.2, 0.25) is 0 Å². The Labute approximate surface area is 128 Å². The molecule has 1 nitrogen and oxygen atoms in total. The van der Waals surface area contributed by atoms with Crippen molar-refractivity contribution in [3.8, 4) is 0 Å². The van der Waals surface area contributed by atoms with Gasteiger partial charge in [-0.25, -0.2) is 4.39 Å². The fraction of sp³-hybridized carbons (Fsp3) is 0.0500. The molecule has 0 radical (unpaired) electrons. The molecule has 106 valence electrons. The van der Waals surface area contributed by atoms with Crippen LogP contribution in [0.5, 0.6) is 0 Å². The summed E-state index contributed by atoms with van der Waals surface area (Å²) in [6, 6.07) is 21.9. The first-order valence-corrected chi connectivity index (χ1v) is 7.24. The molecule has 0 aliphatic heterocycles. The van der Waals surface area contributed by atoms with Crippen molar-refractivity contribution in [1.29, 1.82) is 0 Å². The highest BCUT2D eigenvalue weighted by Gasteiger charge is 2.31. The van der Waals surface area contributed by atoms with E-state index in [0.717, 1.165) is 27.8 Å². The number of halogens is 1. The van der Waals surface area contributed by atoms with Crippen molar-refractivity contribution in [1.82, 2.24) is 0 Å². The Morgan fingerprint density at radius 1 is 0.682 bits per heavy atom. The Hall–Kier alpha value is -2.74. The maximum atomic E-state index is 13.3. The molecule has 4 rings (SSSR count). The minimum absolute atomic E-state index is 0.0364. The molecular weight excluding hydrogens is 275 g/mol. The van der Waals surface area contributed by atoms with Crippen LogP contribution in [0, 0.1) is 5.82 Å². The first-order chi connectivity index (χ1) is 10.8. The van der Waals surface area contributed by atoms with Crippen LogP contribution in [0.25, 0.3) is 0 Å². The minimum atomic E-state index is -0.253. The maximum absolute atomic E-state index is 13.3. The zero-order chi connectivity index (χ0) is 15.1. The predicted molar refractivity (Wildman–Crippen MR) is 83.7 cm³/mol. The standard InChI is InChI=1S/C20H13FO/c21-14-11-9-13(10-12-14)19-15-5-1-3-7-17(15)20(22)18-8-4-2-6-16(18)19/h1-12,19H. The van der Waals surface area contributed by atoms with E-state index in [1.54, 1.807) is 12.1 Å². The number of carbonyl (C=O) groups is 1. The van der Waals surface area contributed by atoms with Gasteiger partial charge in [-0.15, -0.1) is 0 Å². The van der Waals surface area contributed by atoms with Crippen LogP contribution in [-0.4, -0.2) is 5.78 Å². The normalized spacial score (nSPS) is 13.6. The molecule has 2 heteroatoms. The van der Waals surface area contributed by atoms with Crippen LogP contribution in [0.4, 0.5) is 4.39 Å². The van der Waals surface area contributed by atoms with E-state index >= 15 is 0 Å². The van der Waals surface area contributed by atoms with E-state index in [1.807, 2.05) is 48.5 Å². The van der Waals surface area contributed by atoms with Gasteiger partial charge in [-0.05, 0) is 28.8 Å². The van der Waals surface area contributed by atoms with Gasteiger partial charge in [0, 0.05) is 17.0 Å². The van der Waals surface area contributed by atoms with Crippen molar-refractivity contribution in [3.63, 3.8) is 0 Å². The summed E-state index contributed by atoms with van der Waals surface area (Å²) in [5.41, 5.74) is 4.43. The highest BCUT2D eigenvalue weighted by Crippen LogP contribution is 2.40. The molecule has 0 aromatic heterocycles. The molecule has 3 aromatic carbocycles. The van der Waals surface area contributed by atoms with Crippen LogP contribution in [0.15, 0.2) is 72.8 Å². The number of hydrogen-bond acceptors (Lipinski definition) is 1. The largest absolute Gasteiger partial charge is 0.289 e. The topological polar surface area (TPSA) is 17.1 Å². The third kappa shape index (κ3) is 1.88. The van der Waals surface area contributed by atoms with E-state index in [9.17, 15) is 9.18 Å². The van der Waals surface area contributed by atoms with Crippen molar-refractivity contribution in [3.05, 3.63) is 106 Å². The van der Waals surface area contributed by atoms with E-state index in [-0.39, 0.29) is 17.5 Å². The summed E-state index contributed by atoms with van der Waals surface area (Å²) in [4.78, 5) is 12.7. The summed E-state index contributed by atoms with van der Waals surface area (Å²) in [7, 11) is 0. The second-order valence-electron chi connectivity index (χ2n) is 5.49. The molecule has 0 unspecified atom stereocenters. The van der Waals surface area contributed by atoms with Crippen LogP contribution >= 0.6 is 0 Å². The van der Waals surface area contributed by atoms with Gasteiger partial charge in [0.15, 0.2) is 5.78 Å². The second kappa shape index (κ2) is 4.92. The lowest BCUT2D eigenvalue weighted by Gasteiger charge is -2.27. The molecule has 0 spiro atoms. The molecule has 0 fully saturated rings. The van der Waals surface area contributed by atoms with Crippen LogP contribution < -0.4 is 0 Å². The van der Waals surface area contributed by atoms with E-state index in [1.165, 1.54) is 12.1 Å². The molecule has 0 atom stereocenters. The Morgan fingerprint density at radius 3 is 1.73 bits per heavy atom. The summed E-state index contributed by atoms with van der Waals surface area (Å²) in [5.74, 6) is -0.229. The van der Waals surface area contributed by atoms with Crippen LogP contribution in [-0.2, 0) is 0 Å². The Balaban J connectivity index is 2.00. The first kappa shape index (κ1) is 13.0. The zero-order valence-electron chi connectivity index (χ0n) is 11.8. The molecule has 0 bridgehead atoms. The van der Waals surface area contributed by atoms with Crippen molar-refractivity contribution < 1.29 is 9.18 Å². The van der Waals surface area contributed by atoms with Crippen LogP contribution in [0.3, 0.4) is 0 Å². The summed E-state index contributed by atoms with van der Waals surface area (Å²) < 4.78 is 13.3. The van der Waals surface area contributed by atoms with Gasteiger partial charge in [0.2, 0.25) is 0 Å². The monoisotopic (exact) mass is 288 g/mol. The summed E-state index contributed by atoms with van der Waals surface area (Å²) in [6.45, 7) is 0. The number of ketones is 1. The molecule has 0 heterocycles. The molecule has 0 amide bonds. The van der Waals surface area contributed by atoms with Crippen molar-refractivity contribution in [2.75, 3.05) is 0 Å². The SMILES string of the molecule is O=C1c2ccccc2C(c2ccc(F)cc2)c2ccccc21. The molecule has 1 aliphatic carbocycles. The summed E-state index contributed by atoms with van der Waals surface area (Å²) >= 11 is 0. The highest BCUT2D eigenvalue weighted by atomic mass is 19.1. The quantitative estimate of drug-likeness (QED) is 0.502. The third-order valence-corrected chi connectivity index (χ3v) is 4.24. The third-order valence-electron chi connectivity index (χ3n) is 4.24. The van der Waals surface area contributed by atoms with Gasteiger partial charge in [0.1, 0.15) is 5.82 Å². The number of benzene rings is 3. The molecular formula is C20H13FO. The lowest BCUT2D eigenvalue weighted by atomic mass is 9.74. The van der Waals surface area contributed by atoms with Gasteiger partial charge >= 0.3 is 0 Å². The molecule has 0 N–H and O–H groups in total. The first-order valence-electron chi connectivity index (χ1n) is 7.24. The fourth-order valence-corrected chi connectivity index (χ4v) is 3.24. The Kier molecular flexibility index (Phi) is 2.90. The summed E-state index contributed by atoms with van der Waals surface area (Å²) in [5, 5.41) is 0. The average molecular weight is 288 g/mol. The van der Waals surface area contributed by atoms with Gasteiger partial charge in [-0.2, -0.15) is 0 Å². The fourth-order valence-electron chi connectivity index (χ4n) is 3.24. The van der Waals surface area contributed by atoms with Gasteiger partial charge in [0.25, 0.3) is 0 Å². The van der Waals surface area contributed by atoms with Crippen molar-refractivity contribution >= 4 is 5.78 Å². The molecule has 22 heavy (non-hydrogen) atoms. The molecule has 0 saturated heterocycles. The highest BCUT2D eigenvalue weighted by molar-refractivity contribution is 6.13. The lowest BCUT2D eigenvalue weighted by molar-refractivity contribution is 0.103. The Bertz CT molecular complexity index is 815. The average Bonchev–Trinajstić information content (AvgIpc) is 2.57. The maximum Gasteiger partial charge on any atom is 0.193 e. The van der Waals surface area contributed by atoms with E-state index in [4.69, 9.17) is 0 Å². The smallest absolute Gasteiger partial charge is 0.193 e. The zero-order valence-corrected chi connectivity index (χ0v) is 11.8. The Morgan fingerprint density at radius 2 is 1.18 bits per heavy atom. The van der Waals surface area contributed by atoms with E-state index in [2.05, 4.69) is 0 Å². The second-order valence-corrected chi connectivity index (χ2v) is 5.49. The molecule has 3 aromatic rings. The van der Waals surface area contributed by atoms with Gasteiger partial charge in [-0.3, -0.25) is 4.79 Å². The predicted octanol–water partition coefficient (Wildman–Crippen LogP) is 4.55. The lowest BCUT2D eigenvalue weighted by Crippen LogP contribution is -2.20. The van der Waals surface area contributed by atoms with Crippen molar-refractivity contribution in [2.24, 2.45) is 0 Å². The number of rotatable bonds is 1. The number of hydrogen-bond donors (Lipinski definition) is 0. The summed E-state index contributed by atoms with van der Waals surface area (Å²) in [6.07, 6.45) is 0. The van der Waals surface area contributed by atoms with Crippen LogP contribution in [0.1, 0.15) is 38.5 Å². The van der Waals surface area contributed by atoms with E-state index in [0.29, 0.717) is 0 Å². The van der Waals surface area contributed by atoms with Gasteiger partial charge in [-0.1, -0.05) is 60.7 Å².